The standard InChI is InChI=1S/C22H15BrCl2N2O/c23-15-6-9-21-18(11-15)20-12-19(13-4-7-16(24)8-5-13)26-27(20)22(28-21)14-2-1-3-17(25)10-14/h1-11,20,22H,12H2. The molecule has 3 nitrogen and oxygen atoms in total. The lowest BCUT2D eigenvalue weighted by Crippen LogP contribution is -2.33. The van der Waals surface area contributed by atoms with Gasteiger partial charge in [-0.25, -0.2) is 5.01 Å². The molecule has 2 atom stereocenters. The van der Waals surface area contributed by atoms with Gasteiger partial charge in [-0.1, -0.05) is 63.4 Å². The van der Waals surface area contributed by atoms with Crippen molar-refractivity contribution in [2.75, 3.05) is 0 Å². The Kier molecular flexibility index (Phi) is 4.58. The highest BCUT2D eigenvalue weighted by atomic mass is 79.9. The molecule has 140 valence electrons. The quantitative estimate of drug-likeness (QED) is 0.400. The maximum atomic E-state index is 6.36. The van der Waals surface area contributed by atoms with Gasteiger partial charge in [0.15, 0.2) is 0 Å². The molecule has 0 saturated carbocycles. The number of ether oxygens (including phenoxy) is 1. The van der Waals surface area contributed by atoms with Crippen molar-refractivity contribution in [1.82, 2.24) is 5.01 Å². The number of nitrogens with zero attached hydrogens (tertiary/aromatic N) is 2. The summed E-state index contributed by atoms with van der Waals surface area (Å²) in [6.45, 7) is 0. The summed E-state index contributed by atoms with van der Waals surface area (Å²) in [7, 11) is 0. The predicted molar refractivity (Wildman–Crippen MR) is 116 cm³/mol. The fraction of sp³-hybridized carbons (Fsp3) is 0.136. The lowest BCUT2D eigenvalue weighted by molar-refractivity contribution is -0.0190. The topological polar surface area (TPSA) is 24.8 Å². The average molecular weight is 474 g/mol. The minimum Gasteiger partial charge on any atom is -0.464 e. The van der Waals surface area contributed by atoms with Crippen molar-refractivity contribution >= 4 is 44.8 Å². The SMILES string of the molecule is Clc1ccc(C2=NN3C(C2)c2cc(Br)ccc2OC3c2cccc(Cl)c2)cc1. The number of hydrogen-bond acceptors (Lipinski definition) is 3. The van der Waals surface area contributed by atoms with Crippen LogP contribution >= 0.6 is 39.1 Å². The van der Waals surface area contributed by atoms with Crippen LogP contribution in [0, 0.1) is 0 Å². The molecular formula is C22H15BrCl2N2O. The third-order valence-electron chi connectivity index (χ3n) is 5.06. The third kappa shape index (κ3) is 3.20. The highest BCUT2D eigenvalue weighted by molar-refractivity contribution is 9.10. The summed E-state index contributed by atoms with van der Waals surface area (Å²) in [5.74, 6) is 0.877. The minimum absolute atomic E-state index is 0.0934. The van der Waals surface area contributed by atoms with Gasteiger partial charge in [-0.05, 0) is 48.0 Å². The van der Waals surface area contributed by atoms with E-state index in [0.717, 1.165) is 44.1 Å². The van der Waals surface area contributed by atoms with Crippen LogP contribution in [-0.4, -0.2) is 10.7 Å². The molecule has 0 fully saturated rings. The van der Waals surface area contributed by atoms with E-state index < -0.39 is 0 Å². The number of rotatable bonds is 2. The Hall–Kier alpha value is -2.01. The van der Waals surface area contributed by atoms with E-state index in [0.29, 0.717) is 5.02 Å². The molecule has 3 aromatic rings. The Bertz CT molecular complexity index is 1080. The van der Waals surface area contributed by atoms with Gasteiger partial charge in [-0.15, -0.1) is 0 Å². The van der Waals surface area contributed by atoms with Gasteiger partial charge in [0.05, 0.1) is 11.8 Å². The fourth-order valence-corrected chi connectivity index (χ4v) is 4.46. The van der Waals surface area contributed by atoms with Gasteiger partial charge in [0.1, 0.15) is 5.75 Å². The van der Waals surface area contributed by atoms with Crippen molar-refractivity contribution in [3.63, 3.8) is 0 Å². The Labute approximate surface area is 181 Å². The molecule has 2 heterocycles. The molecule has 2 unspecified atom stereocenters. The van der Waals surface area contributed by atoms with Gasteiger partial charge in [0, 0.05) is 32.1 Å². The highest BCUT2D eigenvalue weighted by Gasteiger charge is 2.41. The molecule has 3 aromatic carbocycles. The summed E-state index contributed by atoms with van der Waals surface area (Å²) in [6, 6.07) is 21.8. The summed E-state index contributed by atoms with van der Waals surface area (Å²) < 4.78 is 7.39. The summed E-state index contributed by atoms with van der Waals surface area (Å²) in [5, 5.41) is 8.39. The predicted octanol–water partition coefficient (Wildman–Crippen LogP) is 7.00. The molecule has 2 aliphatic heterocycles. The molecule has 28 heavy (non-hydrogen) atoms. The summed E-state index contributed by atoms with van der Waals surface area (Å²) in [5.41, 5.74) is 4.19. The maximum absolute atomic E-state index is 6.36. The number of fused-ring (bicyclic) bond motifs is 3. The first-order valence-corrected chi connectivity index (χ1v) is 10.5. The molecule has 0 amide bonds. The van der Waals surface area contributed by atoms with E-state index in [1.54, 1.807) is 0 Å². The van der Waals surface area contributed by atoms with E-state index in [2.05, 4.69) is 22.0 Å². The van der Waals surface area contributed by atoms with Gasteiger partial charge in [0.2, 0.25) is 6.23 Å². The Morgan fingerprint density at radius 1 is 0.964 bits per heavy atom. The molecule has 0 bridgehead atoms. The van der Waals surface area contributed by atoms with Crippen molar-refractivity contribution in [2.45, 2.75) is 18.7 Å². The Balaban J connectivity index is 1.61. The van der Waals surface area contributed by atoms with Crippen molar-refractivity contribution in [1.29, 1.82) is 0 Å². The Morgan fingerprint density at radius 3 is 2.57 bits per heavy atom. The zero-order chi connectivity index (χ0) is 19.3. The van der Waals surface area contributed by atoms with Gasteiger partial charge >= 0.3 is 0 Å². The van der Waals surface area contributed by atoms with E-state index in [4.69, 9.17) is 33.0 Å². The van der Waals surface area contributed by atoms with Gasteiger partial charge in [-0.3, -0.25) is 0 Å². The molecule has 0 radical (unpaired) electrons. The summed E-state index contributed by atoms with van der Waals surface area (Å²) in [4.78, 5) is 0. The van der Waals surface area contributed by atoms with Gasteiger partial charge in [0.25, 0.3) is 0 Å². The molecule has 5 rings (SSSR count). The second kappa shape index (κ2) is 7.11. The molecule has 0 N–H and O–H groups in total. The lowest BCUT2D eigenvalue weighted by atomic mass is 9.96. The average Bonchev–Trinajstić information content (AvgIpc) is 3.14. The first-order valence-electron chi connectivity index (χ1n) is 8.92. The molecular weight excluding hydrogens is 459 g/mol. The smallest absolute Gasteiger partial charge is 0.213 e. The van der Waals surface area contributed by atoms with Crippen LogP contribution in [0.5, 0.6) is 5.75 Å². The van der Waals surface area contributed by atoms with E-state index in [1.807, 2.05) is 65.7 Å². The van der Waals surface area contributed by atoms with Crippen LogP contribution < -0.4 is 4.74 Å². The molecule has 2 aliphatic rings. The number of halogens is 3. The summed E-state index contributed by atoms with van der Waals surface area (Å²) >= 11 is 15.9. The van der Waals surface area contributed by atoms with E-state index in [9.17, 15) is 0 Å². The molecule has 0 spiro atoms. The van der Waals surface area contributed by atoms with Crippen LogP contribution in [0.25, 0.3) is 0 Å². The van der Waals surface area contributed by atoms with Crippen molar-refractivity contribution in [3.8, 4) is 5.75 Å². The van der Waals surface area contributed by atoms with Crippen LogP contribution in [0.1, 0.15) is 35.4 Å². The third-order valence-corrected chi connectivity index (χ3v) is 6.04. The van der Waals surface area contributed by atoms with E-state index in [-0.39, 0.29) is 12.3 Å². The van der Waals surface area contributed by atoms with Crippen LogP contribution in [0.15, 0.2) is 76.3 Å². The number of hydrazone groups is 1. The first-order chi connectivity index (χ1) is 13.6. The van der Waals surface area contributed by atoms with Crippen LogP contribution in [0.2, 0.25) is 10.0 Å². The second-order valence-corrected chi connectivity index (χ2v) is 8.65. The van der Waals surface area contributed by atoms with Crippen LogP contribution in [-0.2, 0) is 0 Å². The van der Waals surface area contributed by atoms with Gasteiger partial charge < -0.3 is 4.74 Å². The summed E-state index contributed by atoms with van der Waals surface area (Å²) in [6.07, 6.45) is 0.466. The molecule has 0 aliphatic carbocycles. The normalized spacial score (nSPS) is 20.2. The van der Waals surface area contributed by atoms with Crippen molar-refractivity contribution < 1.29 is 4.74 Å². The van der Waals surface area contributed by atoms with E-state index >= 15 is 0 Å². The number of benzene rings is 3. The first kappa shape index (κ1) is 18.0. The largest absolute Gasteiger partial charge is 0.464 e. The van der Waals surface area contributed by atoms with E-state index in [1.165, 1.54) is 0 Å². The molecule has 0 saturated heterocycles. The highest BCUT2D eigenvalue weighted by Crippen LogP contribution is 2.48. The van der Waals surface area contributed by atoms with Crippen LogP contribution in [0.3, 0.4) is 0 Å². The molecule has 0 aromatic heterocycles. The van der Waals surface area contributed by atoms with Crippen molar-refractivity contribution in [2.24, 2.45) is 5.10 Å². The maximum Gasteiger partial charge on any atom is 0.213 e. The lowest BCUT2D eigenvalue weighted by Gasteiger charge is -2.38. The zero-order valence-corrected chi connectivity index (χ0v) is 17.7. The second-order valence-electron chi connectivity index (χ2n) is 6.86. The molecule has 6 heteroatoms. The minimum atomic E-state index is -0.331. The van der Waals surface area contributed by atoms with Crippen molar-refractivity contribution in [3.05, 3.63) is 97.9 Å². The van der Waals surface area contributed by atoms with Crippen LogP contribution in [0.4, 0.5) is 0 Å². The van der Waals surface area contributed by atoms with Gasteiger partial charge in [-0.2, -0.15) is 5.10 Å². The monoisotopic (exact) mass is 472 g/mol. The fourth-order valence-electron chi connectivity index (χ4n) is 3.76. The Morgan fingerprint density at radius 2 is 1.79 bits per heavy atom. The number of hydrogen-bond donors (Lipinski definition) is 0. The zero-order valence-electron chi connectivity index (χ0n) is 14.6.